The van der Waals surface area contributed by atoms with Gasteiger partial charge in [0.1, 0.15) is 5.75 Å². The van der Waals surface area contributed by atoms with Crippen molar-refractivity contribution in [3.63, 3.8) is 0 Å². The zero-order chi connectivity index (χ0) is 20.1. The number of ether oxygens (including phenoxy) is 1. The van der Waals surface area contributed by atoms with Crippen LogP contribution in [0.25, 0.3) is 0 Å². The van der Waals surface area contributed by atoms with Gasteiger partial charge in [0, 0.05) is 37.0 Å². The number of pyridine rings is 1. The summed E-state index contributed by atoms with van der Waals surface area (Å²) in [5, 5.41) is 0. The molecule has 2 aromatic rings. The van der Waals surface area contributed by atoms with Crippen LogP contribution in [-0.4, -0.2) is 35.0 Å². The fourth-order valence-electron chi connectivity index (χ4n) is 3.96. The number of rotatable bonds is 6. The fraction of sp³-hybridized carbons (Fsp3) is 0.500. The summed E-state index contributed by atoms with van der Waals surface area (Å²) in [4.78, 5) is 19.5. The van der Waals surface area contributed by atoms with Gasteiger partial charge in [-0.1, -0.05) is 26.8 Å². The molecule has 1 aromatic heterocycles. The monoisotopic (exact) mass is 380 g/mol. The van der Waals surface area contributed by atoms with E-state index in [0.29, 0.717) is 11.7 Å². The predicted molar refractivity (Wildman–Crippen MR) is 113 cm³/mol. The number of hydrogen-bond acceptors (Lipinski definition) is 3. The standard InChI is InChI=1S/C24H32N2O2/c1-24(2,3)22(17-19-9-7-8-16-25-19)26(4)23(27)18-12-14-21(15-13-18)28-20-10-5-6-11-20/h7-9,12-16,20,22H,5-6,10-11,17H2,1-4H3/t22-/m0/s1. The Labute approximate surface area is 168 Å². The van der Waals surface area contributed by atoms with Gasteiger partial charge in [-0.25, -0.2) is 0 Å². The van der Waals surface area contributed by atoms with Crippen LogP contribution in [-0.2, 0) is 6.42 Å². The largest absolute Gasteiger partial charge is 0.490 e. The van der Waals surface area contributed by atoms with Crippen molar-refractivity contribution in [2.45, 2.75) is 65.0 Å². The third-order valence-corrected chi connectivity index (χ3v) is 5.62. The molecule has 150 valence electrons. The second-order valence-corrected chi connectivity index (χ2v) is 8.87. The van der Waals surface area contributed by atoms with Crippen molar-refractivity contribution >= 4 is 5.91 Å². The van der Waals surface area contributed by atoms with Gasteiger partial charge >= 0.3 is 0 Å². The van der Waals surface area contributed by atoms with E-state index in [-0.39, 0.29) is 17.4 Å². The van der Waals surface area contributed by atoms with Crippen LogP contribution in [0.2, 0.25) is 0 Å². The molecule has 28 heavy (non-hydrogen) atoms. The molecule has 1 aliphatic carbocycles. The van der Waals surface area contributed by atoms with Crippen molar-refractivity contribution in [1.82, 2.24) is 9.88 Å². The summed E-state index contributed by atoms with van der Waals surface area (Å²) >= 11 is 0. The Balaban J connectivity index is 1.71. The lowest BCUT2D eigenvalue weighted by Crippen LogP contribution is -2.46. The maximum atomic E-state index is 13.1. The third-order valence-electron chi connectivity index (χ3n) is 5.62. The van der Waals surface area contributed by atoms with Gasteiger partial charge in [0.05, 0.1) is 6.10 Å². The molecule has 3 rings (SSSR count). The van der Waals surface area contributed by atoms with Gasteiger partial charge in [0.25, 0.3) is 5.91 Å². The molecule has 0 unspecified atom stereocenters. The number of nitrogens with zero attached hydrogens (tertiary/aromatic N) is 2. The van der Waals surface area contributed by atoms with Crippen LogP contribution in [0.15, 0.2) is 48.7 Å². The van der Waals surface area contributed by atoms with E-state index in [4.69, 9.17) is 4.74 Å². The quantitative estimate of drug-likeness (QED) is 0.697. The number of hydrogen-bond donors (Lipinski definition) is 0. The summed E-state index contributed by atoms with van der Waals surface area (Å²) in [7, 11) is 1.89. The fourth-order valence-corrected chi connectivity index (χ4v) is 3.96. The van der Waals surface area contributed by atoms with Crippen molar-refractivity contribution in [1.29, 1.82) is 0 Å². The summed E-state index contributed by atoms with van der Waals surface area (Å²) in [6.45, 7) is 6.51. The first-order valence-electron chi connectivity index (χ1n) is 10.3. The maximum absolute atomic E-state index is 13.1. The lowest BCUT2D eigenvalue weighted by atomic mass is 9.82. The van der Waals surface area contributed by atoms with E-state index in [1.165, 1.54) is 12.8 Å². The van der Waals surface area contributed by atoms with Gasteiger partial charge in [0.15, 0.2) is 0 Å². The minimum Gasteiger partial charge on any atom is -0.490 e. The van der Waals surface area contributed by atoms with Gasteiger partial charge in [-0.2, -0.15) is 0 Å². The molecule has 1 saturated carbocycles. The molecular formula is C24H32N2O2. The van der Waals surface area contributed by atoms with Crippen LogP contribution in [0.3, 0.4) is 0 Å². The molecule has 4 heteroatoms. The lowest BCUT2D eigenvalue weighted by Gasteiger charge is -2.38. The van der Waals surface area contributed by atoms with E-state index in [9.17, 15) is 4.79 Å². The molecule has 0 N–H and O–H groups in total. The topological polar surface area (TPSA) is 42.4 Å². The number of carbonyl (C=O) groups is 1. The van der Waals surface area contributed by atoms with Crippen molar-refractivity contribution in [2.24, 2.45) is 5.41 Å². The van der Waals surface area contributed by atoms with E-state index < -0.39 is 0 Å². The van der Waals surface area contributed by atoms with E-state index in [0.717, 1.165) is 30.7 Å². The minimum absolute atomic E-state index is 0.0308. The van der Waals surface area contributed by atoms with Crippen molar-refractivity contribution < 1.29 is 9.53 Å². The Kier molecular flexibility index (Phi) is 6.38. The van der Waals surface area contributed by atoms with Crippen LogP contribution in [0.5, 0.6) is 5.75 Å². The smallest absolute Gasteiger partial charge is 0.253 e. The molecule has 0 spiro atoms. The average Bonchev–Trinajstić information content (AvgIpc) is 3.18. The second kappa shape index (κ2) is 8.76. The van der Waals surface area contributed by atoms with Crippen molar-refractivity contribution in [2.75, 3.05) is 7.05 Å². The first-order valence-corrected chi connectivity index (χ1v) is 10.3. The number of amides is 1. The highest BCUT2D eigenvalue weighted by atomic mass is 16.5. The molecule has 1 heterocycles. The maximum Gasteiger partial charge on any atom is 0.253 e. The van der Waals surface area contributed by atoms with Gasteiger partial charge in [-0.05, 0) is 67.5 Å². The molecule has 1 aliphatic rings. The van der Waals surface area contributed by atoms with E-state index >= 15 is 0 Å². The summed E-state index contributed by atoms with van der Waals surface area (Å²) in [6.07, 6.45) is 7.62. The summed E-state index contributed by atoms with van der Waals surface area (Å²) in [5.41, 5.74) is 1.63. The van der Waals surface area contributed by atoms with Crippen LogP contribution in [0, 0.1) is 5.41 Å². The van der Waals surface area contributed by atoms with Gasteiger partial charge in [0.2, 0.25) is 0 Å². The number of benzene rings is 1. The Morgan fingerprint density at radius 2 is 1.82 bits per heavy atom. The Bertz CT molecular complexity index is 759. The van der Waals surface area contributed by atoms with E-state index in [1.807, 2.05) is 54.4 Å². The molecule has 0 aliphatic heterocycles. The van der Waals surface area contributed by atoms with Crippen LogP contribution in [0.4, 0.5) is 0 Å². The van der Waals surface area contributed by atoms with Crippen LogP contribution < -0.4 is 4.74 Å². The highest BCUT2D eigenvalue weighted by molar-refractivity contribution is 5.94. The number of aromatic nitrogens is 1. The van der Waals surface area contributed by atoms with Gasteiger partial charge in [-0.15, -0.1) is 0 Å². The molecule has 0 bridgehead atoms. The number of carbonyl (C=O) groups excluding carboxylic acids is 1. The summed E-state index contributed by atoms with van der Waals surface area (Å²) in [5.74, 6) is 0.884. The summed E-state index contributed by atoms with van der Waals surface area (Å²) < 4.78 is 6.02. The van der Waals surface area contributed by atoms with Gasteiger partial charge in [-0.3, -0.25) is 9.78 Å². The van der Waals surface area contributed by atoms with Crippen LogP contribution >= 0.6 is 0 Å². The normalized spacial score (nSPS) is 16.0. The molecular weight excluding hydrogens is 348 g/mol. The van der Waals surface area contributed by atoms with Crippen LogP contribution in [0.1, 0.15) is 62.5 Å². The van der Waals surface area contributed by atoms with Gasteiger partial charge < -0.3 is 9.64 Å². The molecule has 0 saturated heterocycles. The zero-order valence-electron chi connectivity index (χ0n) is 17.5. The minimum atomic E-state index is -0.0620. The van der Waals surface area contributed by atoms with E-state index in [2.05, 4.69) is 25.8 Å². The molecule has 1 fully saturated rings. The van der Waals surface area contributed by atoms with Crippen molar-refractivity contribution in [3.8, 4) is 5.75 Å². The molecule has 4 nitrogen and oxygen atoms in total. The number of likely N-dealkylation sites (N-methyl/N-ethyl adjacent to an activating group) is 1. The van der Waals surface area contributed by atoms with E-state index in [1.54, 1.807) is 6.20 Å². The molecule has 0 radical (unpaired) electrons. The highest BCUT2D eigenvalue weighted by Crippen LogP contribution is 2.28. The predicted octanol–water partition coefficient (Wildman–Crippen LogP) is 5.13. The molecule has 1 amide bonds. The first-order chi connectivity index (χ1) is 13.3. The lowest BCUT2D eigenvalue weighted by molar-refractivity contribution is 0.0595. The average molecular weight is 381 g/mol. The first kappa shape index (κ1) is 20.4. The van der Waals surface area contributed by atoms with Crippen molar-refractivity contribution in [3.05, 3.63) is 59.9 Å². The zero-order valence-corrected chi connectivity index (χ0v) is 17.5. The molecule has 1 aromatic carbocycles. The Hall–Kier alpha value is -2.36. The Morgan fingerprint density at radius 1 is 1.14 bits per heavy atom. The Morgan fingerprint density at radius 3 is 2.39 bits per heavy atom. The third kappa shape index (κ3) is 5.12. The summed E-state index contributed by atoms with van der Waals surface area (Å²) in [6, 6.07) is 13.6. The molecule has 1 atom stereocenters. The highest BCUT2D eigenvalue weighted by Gasteiger charge is 2.32. The SMILES string of the molecule is CN(C(=O)c1ccc(OC2CCCC2)cc1)[C@@H](Cc1ccccn1)C(C)(C)C. The second-order valence-electron chi connectivity index (χ2n) is 8.87.